The Morgan fingerprint density at radius 1 is 1.19 bits per heavy atom. The van der Waals surface area contributed by atoms with Crippen molar-refractivity contribution in [3.63, 3.8) is 0 Å². The molecule has 1 saturated heterocycles. The average molecular weight is 304 g/mol. The van der Waals surface area contributed by atoms with E-state index in [0.29, 0.717) is 18.1 Å². The smallest absolute Gasteiger partial charge is 0.157 e. The van der Waals surface area contributed by atoms with Crippen LogP contribution in [0.25, 0.3) is 0 Å². The van der Waals surface area contributed by atoms with Crippen molar-refractivity contribution in [2.24, 2.45) is 0 Å². The van der Waals surface area contributed by atoms with Gasteiger partial charge in [0.1, 0.15) is 12.0 Å². The maximum Gasteiger partial charge on any atom is 0.157 e. The molecule has 0 atom stereocenters. The van der Waals surface area contributed by atoms with E-state index in [1.807, 2.05) is 24.3 Å². The molecule has 0 spiro atoms. The van der Waals surface area contributed by atoms with Crippen molar-refractivity contribution in [1.29, 1.82) is 0 Å². The molecule has 1 aromatic carbocycles. The second kappa shape index (κ2) is 6.18. The normalized spacial score (nSPS) is 14.4. The number of nitrogens with zero attached hydrogens (tertiary/aromatic N) is 3. The molecule has 1 aromatic heterocycles. The molecule has 0 radical (unpaired) electrons. The summed E-state index contributed by atoms with van der Waals surface area (Å²) in [5.74, 6) is 1.48. The Labute approximate surface area is 129 Å². The van der Waals surface area contributed by atoms with Crippen LogP contribution in [0.3, 0.4) is 0 Å². The quantitative estimate of drug-likeness (QED) is 0.909. The van der Waals surface area contributed by atoms with Crippen LogP contribution in [0.15, 0.2) is 30.6 Å². The lowest BCUT2D eigenvalue weighted by Gasteiger charge is -2.19. The second-order valence-electron chi connectivity index (χ2n) is 5.10. The summed E-state index contributed by atoms with van der Waals surface area (Å²) in [5, 5.41) is 3.98. The summed E-state index contributed by atoms with van der Waals surface area (Å²) >= 11 is 6.15. The Morgan fingerprint density at radius 2 is 1.95 bits per heavy atom. The number of anilines is 3. The Bertz CT molecular complexity index is 625. The molecule has 6 heteroatoms. The van der Waals surface area contributed by atoms with Crippen LogP contribution in [0.4, 0.5) is 17.3 Å². The highest BCUT2D eigenvalue weighted by Crippen LogP contribution is 2.29. The van der Waals surface area contributed by atoms with Crippen molar-refractivity contribution in [1.82, 2.24) is 9.97 Å². The third kappa shape index (κ3) is 3.03. The third-order valence-electron chi connectivity index (χ3n) is 3.67. The summed E-state index contributed by atoms with van der Waals surface area (Å²) in [4.78, 5) is 10.8. The standard InChI is InChI=1S/C15H18ClN5/c16-12-6-2-1-5-11(12)9-18-14-13(17)15(20-10-19-14)21-7-3-4-8-21/h1-2,5-6,10H,3-4,7-9,17H2,(H,18,19,20). The molecule has 1 aliphatic heterocycles. The van der Waals surface area contributed by atoms with Crippen LogP contribution in [0, 0.1) is 0 Å². The number of hydrogen-bond donors (Lipinski definition) is 2. The van der Waals surface area contributed by atoms with Crippen LogP contribution in [-0.4, -0.2) is 23.1 Å². The van der Waals surface area contributed by atoms with Crippen molar-refractivity contribution in [2.75, 3.05) is 29.0 Å². The Kier molecular flexibility index (Phi) is 4.10. The number of nitrogens with one attached hydrogen (secondary N) is 1. The lowest BCUT2D eigenvalue weighted by atomic mass is 10.2. The largest absolute Gasteiger partial charge is 0.393 e. The van der Waals surface area contributed by atoms with Gasteiger partial charge in [-0.05, 0) is 24.5 Å². The van der Waals surface area contributed by atoms with Crippen molar-refractivity contribution < 1.29 is 0 Å². The molecular formula is C15H18ClN5. The topological polar surface area (TPSA) is 67.1 Å². The van der Waals surface area contributed by atoms with Gasteiger partial charge in [0, 0.05) is 24.7 Å². The fraction of sp³-hybridized carbons (Fsp3) is 0.333. The first kappa shape index (κ1) is 13.9. The lowest BCUT2D eigenvalue weighted by Crippen LogP contribution is -2.21. The maximum atomic E-state index is 6.20. The van der Waals surface area contributed by atoms with E-state index in [1.165, 1.54) is 12.8 Å². The maximum absolute atomic E-state index is 6.20. The molecule has 21 heavy (non-hydrogen) atoms. The first-order valence-electron chi connectivity index (χ1n) is 7.08. The van der Waals surface area contributed by atoms with E-state index in [2.05, 4.69) is 20.2 Å². The Morgan fingerprint density at radius 3 is 2.71 bits per heavy atom. The van der Waals surface area contributed by atoms with E-state index >= 15 is 0 Å². The first-order chi connectivity index (χ1) is 10.3. The van der Waals surface area contributed by atoms with Crippen LogP contribution >= 0.6 is 11.6 Å². The summed E-state index contributed by atoms with van der Waals surface area (Å²) in [5.41, 5.74) is 7.82. The zero-order valence-electron chi connectivity index (χ0n) is 11.7. The number of hydrogen-bond acceptors (Lipinski definition) is 5. The Balaban J connectivity index is 1.76. The highest BCUT2D eigenvalue weighted by Gasteiger charge is 2.18. The van der Waals surface area contributed by atoms with E-state index in [9.17, 15) is 0 Å². The molecule has 2 heterocycles. The number of aromatic nitrogens is 2. The molecule has 1 aliphatic rings. The molecule has 0 unspecified atom stereocenters. The minimum Gasteiger partial charge on any atom is -0.393 e. The van der Waals surface area contributed by atoms with Crippen LogP contribution < -0.4 is 16.0 Å². The van der Waals surface area contributed by atoms with Crippen molar-refractivity contribution in [2.45, 2.75) is 19.4 Å². The zero-order valence-corrected chi connectivity index (χ0v) is 12.5. The van der Waals surface area contributed by atoms with Gasteiger partial charge in [0.05, 0.1) is 0 Å². The van der Waals surface area contributed by atoms with Gasteiger partial charge in [-0.25, -0.2) is 9.97 Å². The van der Waals surface area contributed by atoms with E-state index in [4.69, 9.17) is 17.3 Å². The predicted octanol–water partition coefficient (Wildman–Crippen LogP) is 2.92. The summed E-state index contributed by atoms with van der Waals surface area (Å²) in [6.07, 6.45) is 3.93. The summed E-state index contributed by atoms with van der Waals surface area (Å²) in [6.45, 7) is 2.59. The lowest BCUT2D eigenvalue weighted by molar-refractivity contribution is 0.928. The SMILES string of the molecule is Nc1c(NCc2ccccc2Cl)ncnc1N1CCCC1. The van der Waals surface area contributed by atoms with Crippen molar-refractivity contribution in [3.05, 3.63) is 41.2 Å². The van der Waals surface area contributed by atoms with Crippen LogP contribution in [0.5, 0.6) is 0 Å². The van der Waals surface area contributed by atoms with E-state index in [0.717, 1.165) is 29.5 Å². The molecule has 0 saturated carbocycles. The Hall–Kier alpha value is -2.01. The number of rotatable bonds is 4. The summed E-state index contributed by atoms with van der Waals surface area (Å²) in [7, 11) is 0. The van der Waals surface area contributed by atoms with Gasteiger partial charge in [0.25, 0.3) is 0 Å². The van der Waals surface area contributed by atoms with Crippen molar-refractivity contribution >= 4 is 28.9 Å². The summed E-state index contributed by atoms with van der Waals surface area (Å²) < 4.78 is 0. The highest BCUT2D eigenvalue weighted by atomic mass is 35.5. The van der Waals surface area contributed by atoms with Crippen LogP contribution in [-0.2, 0) is 6.54 Å². The van der Waals surface area contributed by atoms with Gasteiger partial charge in [-0.2, -0.15) is 0 Å². The van der Waals surface area contributed by atoms with Gasteiger partial charge in [-0.1, -0.05) is 29.8 Å². The van der Waals surface area contributed by atoms with Crippen LogP contribution in [0.2, 0.25) is 5.02 Å². The van der Waals surface area contributed by atoms with Gasteiger partial charge < -0.3 is 16.0 Å². The van der Waals surface area contributed by atoms with Gasteiger partial charge >= 0.3 is 0 Å². The minimum absolute atomic E-state index is 0.584. The molecule has 3 N–H and O–H groups in total. The average Bonchev–Trinajstić information content (AvgIpc) is 3.02. The van der Waals surface area contributed by atoms with Gasteiger partial charge in [-0.15, -0.1) is 0 Å². The fourth-order valence-electron chi connectivity index (χ4n) is 2.53. The molecule has 0 bridgehead atoms. The third-order valence-corrected chi connectivity index (χ3v) is 4.04. The number of halogens is 1. The molecule has 2 aromatic rings. The van der Waals surface area contributed by atoms with Crippen molar-refractivity contribution in [3.8, 4) is 0 Å². The number of benzene rings is 1. The highest BCUT2D eigenvalue weighted by molar-refractivity contribution is 6.31. The number of nitrogens with two attached hydrogens (primary N) is 1. The van der Waals surface area contributed by atoms with Crippen LogP contribution in [0.1, 0.15) is 18.4 Å². The fourth-order valence-corrected chi connectivity index (χ4v) is 2.73. The zero-order chi connectivity index (χ0) is 14.7. The molecule has 5 nitrogen and oxygen atoms in total. The molecule has 0 aliphatic carbocycles. The second-order valence-corrected chi connectivity index (χ2v) is 5.51. The van der Waals surface area contributed by atoms with E-state index in [1.54, 1.807) is 6.33 Å². The summed E-state index contributed by atoms with van der Waals surface area (Å²) in [6, 6.07) is 7.73. The number of nitrogen functional groups attached to an aromatic ring is 1. The van der Waals surface area contributed by atoms with Gasteiger partial charge in [-0.3, -0.25) is 0 Å². The van der Waals surface area contributed by atoms with E-state index < -0.39 is 0 Å². The van der Waals surface area contributed by atoms with Gasteiger partial charge in [0.2, 0.25) is 0 Å². The minimum atomic E-state index is 0.584. The molecule has 110 valence electrons. The first-order valence-corrected chi connectivity index (χ1v) is 7.46. The monoisotopic (exact) mass is 303 g/mol. The van der Waals surface area contributed by atoms with E-state index in [-0.39, 0.29) is 0 Å². The predicted molar refractivity (Wildman–Crippen MR) is 86.7 cm³/mol. The molecule has 0 amide bonds. The molecule has 3 rings (SSSR count). The molecular weight excluding hydrogens is 286 g/mol. The molecule has 1 fully saturated rings. The van der Waals surface area contributed by atoms with Gasteiger partial charge in [0.15, 0.2) is 11.6 Å².